The zero-order chi connectivity index (χ0) is 19.3. The molecular formula is C25H38O2. The zero-order valence-corrected chi connectivity index (χ0v) is 17.8. The average molecular weight is 371 g/mol. The van der Waals surface area contributed by atoms with E-state index in [4.69, 9.17) is 4.42 Å². The van der Waals surface area contributed by atoms with E-state index in [1.807, 2.05) is 6.26 Å². The van der Waals surface area contributed by atoms with Crippen molar-refractivity contribution in [1.82, 2.24) is 0 Å². The smallest absolute Gasteiger partial charge is 0.123 e. The largest absolute Gasteiger partial charge is 0.472 e. The van der Waals surface area contributed by atoms with E-state index in [1.54, 1.807) is 6.26 Å². The molecule has 3 fully saturated rings. The van der Waals surface area contributed by atoms with Gasteiger partial charge in [-0.05, 0) is 97.0 Å². The summed E-state index contributed by atoms with van der Waals surface area (Å²) in [7, 11) is 0. The average Bonchev–Trinajstić information content (AvgIpc) is 3.12. The summed E-state index contributed by atoms with van der Waals surface area (Å²) < 4.78 is 5.28. The topological polar surface area (TPSA) is 30.2 Å². The molecule has 1 unspecified atom stereocenters. The molecule has 1 heterocycles. The number of aldehydes is 1. The van der Waals surface area contributed by atoms with Crippen molar-refractivity contribution < 1.29 is 9.21 Å². The highest BCUT2D eigenvalue weighted by atomic mass is 16.3. The lowest BCUT2D eigenvalue weighted by Crippen LogP contribution is -2.59. The first-order valence-corrected chi connectivity index (χ1v) is 11.3. The molecule has 6 atom stereocenters. The number of hydrogen-bond acceptors (Lipinski definition) is 2. The first-order valence-electron chi connectivity index (χ1n) is 11.3. The van der Waals surface area contributed by atoms with Crippen LogP contribution in [0.2, 0.25) is 0 Å². The van der Waals surface area contributed by atoms with Crippen LogP contribution >= 0.6 is 0 Å². The quantitative estimate of drug-likeness (QED) is 0.553. The minimum atomic E-state index is 0.245. The van der Waals surface area contributed by atoms with Crippen molar-refractivity contribution in [2.24, 2.45) is 39.9 Å². The predicted molar refractivity (Wildman–Crippen MR) is 109 cm³/mol. The Morgan fingerprint density at radius 1 is 1.04 bits per heavy atom. The first kappa shape index (κ1) is 19.3. The van der Waals surface area contributed by atoms with Crippen molar-refractivity contribution in [3.05, 3.63) is 24.2 Å². The molecule has 0 radical (unpaired) electrons. The lowest BCUT2D eigenvalue weighted by atomic mass is 9.38. The maximum absolute atomic E-state index is 12.0. The van der Waals surface area contributed by atoms with Gasteiger partial charge in [-0.25, -0.2) is 0 Å². The molecule has 0 N–H and O–H groups in total. The Morgan fingerprint density at radius 3 is 2.56 bits per heavy atom. The Balaban J connectivity index is 1.63. The maximum Gasteiger partial charge on any atom is 0.123 e. The number of furan rings is 1. The fraction of sp³-hybridized carbons (Fsp3) is 0.800. The monoisotopic (exact) mass is 370 g/mol. The molecule has 0 aliphatic heterocycles. The number of hydrogen-bond donors (Lipinski definition) is 0. The summed E-state index contributed by atoms with van der Waals surface area (Å²) in [6.45, 7) is 10.2. The Bertz CT molecular complexity index is 660. The lowest BCUT2D eigenvalue weighted by molar-refractivity contribution is -0.176. The van der Waals surface area contributed by atoms with E-state index in [0.717, 1.165) is 31.1 Å². The molecule has 1 aromatic heterocycles. The van der Waals surface area contributed by atoms with E-state index in [0.29, 0.717) is 22.2 Å². The maximum atomic E-state index is 12.0. The molecule has 3 saturated carbocycles. The Morgan fingerprint density at radius 2 is 1.85 bits per heavy atom. The second-order valence-corrected chi connectivity index (χ2v) is 11.2. The molecule has 2 nitrogen and oxygen atoms in total. The second-order valence-electron chi connectivity index (χ2n) is 11.2. The molecule has 0 saturated heterocycles. The summed E-state index contributed by atoms with van der Waals surface area (Å²) in [6, 6.07) is 2.08. The van der Waals surface area contributed by atoms with Crippen LogP contribution in [-0.4, -0.2) is 6.29 Å². The van der Waals surface area contributed by atoms with Crippen molar-refractivity contribution in [3.8, 4) is 0 Å². The number of aryl methyl sites for hydroxylation is 1. The van der Waals surface area contributed by atoms with Crippen molar-refractivity contribution in [2.45, 2.75) is 85.5 Å². The van der Waals surface area contributed by atoms with Gasteiger partial charge in [0.15, 0.2) is 0 Å². The fourth-order valence-electron chi connectivity index (χ4n) is 8.30. The molecule has 0 amide bonds. The third-order valence-electron chi connectivity index (χ3n) is 9.49. The highest BCUT2D eigenvalue weighted by Gasteiger charge is 2.61. The normalized spacial score (nSPS) is 43.6. The highest BCUT2D eigenvalue weighted by molar-refractivity contribution is 5.54. The number of carbonyl (C=O) groups is 1. The van der Waals surface area contributed by atoms with Gasteiger partial charge in [-0.15, -0.1) is 0 Å². The van der Waals surface area contributed by atoms with Gasteiger partial charge in [0.25, 0.3) is 0 Å². The van der Waals surface area contributed by atoms with Gasteiger partial charge >= 0.3 is 0 Å². The summed E-state index contributed by atoms with van der Waals surface area (Å²) in [4.78, 5) is 12.0. The van der Waals surface area contributed by atoms with Crippen LogP contribution in [0.3, 0.4) is 0 Å². The van der Waals surface area contributed by atoms with E-state index in [9.17, 15) is 4.79 Å². The van der Waals surface area contributed by atoms with E-state index in [1.165, 1.54) is 50.4 Å². The van der Waals surface area contributed by atoms with Crippen LogP contribution in [0.4, 0.5) is 0 Å². The molecule has 1 aromatic rings. The summed E-state index contributed by atoms with van der Waals surface area (Å²) >= 11 is 0. The van der Waals surface area contributed by atoms with Gasteiger partial charge in [-0.1, -0.05) is 34.1 Å². The SMILES string of the molecule is CC1(C)CCC[C@]2(C)[C@H]3CCC(C=O)[C@H](CCc4ccoc4)[C@@]3(C)CC[C@@H]12. The molecule has 27 heavy (non-hydrogen) atoms. The number of rotatable bonds is 4. The van der Waals surface area contributed by atoms with Crippen LogP contribution in [0.15, 0.2) is 23.0 Å². The number of fused-ring (bicyclic) bond motifs is 3. The molecule has 150 valence electrons. The van der Waals surface area contributed by atoms with Crippen molar-refractivity contribution in [1.29, 1.82) is 0 Å². The Kier molecular flexibility index (Phi) is 4.84. The van der Waals surface area contributed by atoms with E-state index >= 15 is 0 Å². The molecule has 0 bridgehead atoms. The molecule has 3 aliphatic rings. The summed E-state index contributed by atoms with van der Waals surface area (Å²) in [5, 5.41) is 0. The highest BCUT2D eigenvalue weighted by Crippen LogP contribution is 2.69. The van der Waals surface area contributed by atoms with Crippen LogP contribution in [0.5, 0.6) is 0 Å². The van der Waals surface area contributed by atoms with E-state index in [2.05, 4.69) is 33.8 Å². The summed E-state index contributed by atoms with van der Waals surface area (Å²) in [5.74, 6) is 2.38. The second kappa shape index (κ2) is 6.78. The molecule has 0 aromatic carbocycles. The van der Waals surface area contributed by atoms with E-state index in [-0.39, 0.29) is 5.92 Å². The van der Waals surface area contributed by atoms with Gasteiger partial charge in [-0.2, -0.15) is 0 Å². The van der Waals surface area contributed by atoms with Crippen molar-refractivity contribution in [3.63, 3.8) is 0 Å². The third-order valence-corrected chi connectivity index (χ3v) is 9.49. The van der Waals surface area contributed by atoms with Crippen LogP contribution in [0.25, 0.3) is 0 Å². The Hall–Kier alpha value is -1.05. The van der Waals surface area contributed by atoms with Crippen LogP contribution in [0, 0.1) is 39.9 Å². The lowest BCUT2D eigenvalue weighted by Gasteiger charge is -2.66. The molecule has 2 heteroatoms. The standard InChI is InChI=1S/C25H38O2/c1-23(2)12-5-13-25(4)21(23)10-14-24(3)20(8-6-18-11-15-27-17-18)19(16-26)7-9-22(24)25/h11,15-17,19-22H,5-10,12-14H2,1-4H3/t19?,20-,21-,22-,24+,25-/m0/s1. The van der Waals surface area contributed by atoms with E-state index < -0.39 is 0 Å². The summed E-state index contributed by atoms with van der Waals surface area (Å²) in [6.07, 6.45) is 16.3. The predicted octanol–water partition coefficient (Wildman–Crippen LogP) is 6.69. The molecule has 3 aliphatic carbocycles. The minimum absolute atomic E-state index is 0.245. The van der Waals surface area contributed by atoms with Gasteiger partial charge in [0.05, 0.1) is 12.5 Å². The molecule has 4 rings (SSSR count). The van der Waals surface area contributed by atoms with Crippen molar-refractivity contribution >= 4 is 6.29 Å². The minimum Gasteiger partial charge on any atom is -0.472 e. The summed E-state index contributed by atoms with van der Waals surface area (Å²) in [5.41, 5.74) is 2.52. The van der Waals surface area contributed by atoms with Gasteiger partial charge in [0.1, 0.15) is 6.29 Å². The first-order chi connectivity index (χ1) is 12.8. The molecule has 0 spiro atoms. The Labute approximate surface area is 165 Å². The van der Waals surface area contributed by atoms with Crippen LogP contribution in [-0.2, 0) is 11.2 Å². The van der Waals surface area contributed by atoms with Gasteiger partial charge in [0.2, 0.25) is 0 Å². The van der Waals surface area contributed by atoms with Gasteiger partial charge < -0.3 is 9.21 Å². The zero-order valence-electron chi connectivity index (χ0n) is 17.8. The number of carbonyl (C=O) groups excluding carboxylic acids is 1. The van der Waals surface area contributed by atoms with Gasteiger partial charge in [0, 0.05) is 5.92 Å². The van der Waals surface area contributed by atoms with Crippen molar-refractivity contribution in [2.75, 3.05) is 0 Å². The van der Waals surface area contributed by atoms with Crippen LogP contribution < -0.4 is 0 Å². The molecular weight excluding hydrogens is 332 g/mol. The fourth-order valence-corrected chi connectivity index (χ4v) is 8.30. The van der Waals surface area contributed by atoms with Gasteiger partial charge in [-0.3, -0.25) is 0 Å². The third kappa shape index (κ3) is 3.02. The van der Waals surface area contributed by atoms with Crippen LogP contribution in [0.1, 0.15) is 84.6 Å².